The Labute approximate surface area is 656 Å². The maximum Gasteiger partial charge on any atom is 0.0468 e. The summed E-state index contributed by atoms with van der Waals surface area (Å²) in [6.07, 6.45) is 0. The highest BCUT2D eigenvalue weighted by Crippen LogP contribution is 2.54. The van der Waals surface area contributed by atoms with Crippen LogP contribution in [0.5, 0.6) is 0 Å². The molecule has 0 heterocycles. The van der Waals surface area contributed by atoms with Gasteiger partial charge in [0, 0.05) is 45.0 Å². The molecule has 0 aromatic heterocycles. The second-order valence-corrected chi connectivity index (χ2v) is 31.2. The van der Waals surface area contributed by atoms with Gasteiger partial charge < -0.3 is 9.80 Å². The summed E-state index contributed by atoms with van der Waals surface area (Å²) in [5.74, 6) is 0. The molecule has 0 unspecified atom stereocenters. The first-order valence-electron chi connectivity index (χ1n) is 39.1. The Balaban J connectivity index is 0.592. The molecule has 0 saturated heterocycles. The van der Waals surface area contributed by atoms with Crippen molar-refractivity contribution in [3.05, 3.63) is 435 Å². The Morgan fingerprint density at radius 1 is 0.152 bits per heavy atom. The van der Waals surface area contributed by atoms with E-state index in [4.69, 9.17) is 0 Å². The third-order valence-corrected chi connectivity index (χ3v) is 23.9. The third kappa shape index (κ3) is 12.0. The van der Waals surface area contributed by atoms with Gasteiger partial charge in [-0.15, -0.1) is 0 Å². The van der Waals surface area contributed by atoms with Crippen LogP contribution in [-0.4, -0.2) is 0 Å². The van der Waals surface area contributed by atoms with Crippen LogP contribution in [0.2, 0.25) is 0 Å². The minimum atomic E-state index is -0.168. The minimum Gasteiger partial charge on any atom is -0.310 e. The monoisotopic (exact) mass is 1430 g/mol. The van der Waals surface area contributed by atoms with Gasteiger partial charge in [0.1, 0.15) is 0 Å². The Hall–Kier alpha value is -13.9. The summed E-state index contributed by atoms with van der Waals surface area (Å²) in [6, 6.07) is 153. The van der Waals surface area contributed by atoms with E-state index in [-0.39, 0.29) is 10.8 Å². The molecule has 0 radical (unpaired) electrons. The highest BCUT2D eigenvalue weighted by molar-refractivity contribution is 6.01. The van der Waals surface area contributed by atoms with Crippen LogP contribution in [0.15, 0.2) is 413 Å². The smallest absolute Gasteiger partial charge is 0.0468 e. The molecule has 530 valence electrons. The van der Waals surface area contributed by atoms with E-state index in [0.717, 1.165) is 50.8 Å². The fraction of sp³-hybridized carbons (Fsp3) is 0.0545. The molecule has 2 heteroatoms. The number of hydrogen-bond acceptors (Lipinski definition) is 2. The first kappa shape index (κ1) is 67.4. The van der Waals surface area contributed by atoms with E-state index in [9.17, 15) is 0 Å². The Kier molecular flexibility index (Phi) is 16.6. The van der Waals surface area contributed by atoms with Gasteiger partial charge in [-0.3, -0.25) is 0 Å². The van der Waals surface area contributed by atoms with Gasteiger partial charge in [0.2, 0.25) is 0 Å². The molecular formula is C110H80N2. The fourth-order valence-corrected chi connectivity index (χ4v) is 18.0. The number of fused-ring (bicyclic) bond motifs is 8. The molecule has 18 aromatic carbocycles. The van der Waals surface area contributed by atoms with Crippen molar-refractivity contribution in [1.82, 2.24) is 0 Å². The lowest BCUT2D eigenvalue weighted by molar-refractivity contribution is 0.660. The van der Waals surface area contributed by atoms with Crippen LogP contribution in [0, 0.1) is 0 Å². The molecule has 0 saturated carbocycles. The van der Waals surface area contributed by atoms with E-state index in [1.807, 2.05) is 0 Å². The van der Waals surface area contributed by atoms with Gasteiger partial charge in [-0.05, 0) is 251 Å². The van der Waals surface area contributed by atoms with Crippen LogP contribution in [0.4, 0.5) is 34.1 Å². The van der Waals surface area contributed by atoms with Crippen LogP contribution in [-0.2, 0) is 10.8 Å². The third-order valence-electron chi connectivity index (χ3n) is 23.9. The molecule has 0 spiro atoms. The van der Waals surface area contributed by atoms with Crippen LogP contribution in [0.3, 0.4) is 0 Å². The van der Waals surface area contributed by atoms with E-state index >= 15 is 0 Å². The molecule has 0 amide bonds. The summed E-state index contributed by atoms with van der Waals surface area (Å²) in [4.78, 5) is 4.89. The Morgan fingerprint density at radius 3 is 0.902 bits per heavy atom. The van der Waals surface area contributed by atoms with Crippen molar-refractivity contribution in [3.8, 4) is 122 Å². The lowest BCUT2D eigenvalue weighted by Crippen LogP contribution is -2.16. The van der Waals surface area contributed by atoms with Gasteiger partial charge in [-0.1, -0.05) is 355 Å². The molecule has 0 N–H and O–H groups in total. The lowest BCUT2D eigenvalue weighted by atomic mass is 9.82. The summed E-state index contributed by atoms with van der Waals surface area (Å²) >= 11 is 0. The summed E-state index contributed by atoms with van der Waals surface area (Å²) in [5.41, 5.74) is 38.2. The quantitative estimate of drug-likeness (QED) is 0.101. The maximum absolute atomic E-state index is 2.45. The first-order chi connectivity index (χ1) is 55.0. The van der Waals surface area contributed by atoms with E-state index < -0.39 is 0 Å². The fourth-order valence-electron chi connectivity index (χ4n) is 18.0. The number of nitrogens with zero attached hydrogens (tertiary/aromatic N) is 2. The van der Waals surface area contributed by atoms with Gasteiger partial charge in [-0.25, -0.2) is 0 Å². The molecule has 0 fully saturated rings. The zero-order valence-electron chi connectivity index (χ0n) is 63.2. The van der Waals surface area contributed by atoms with Crippen molar-refractivity contribution >= 4 is 55.7 Å². The number of anilines is 6. The molecule has 0 aliphatic heterocycles. The Morgan fingerprint density at radius 2 is 0.438 bits per heavy atom. The lowest BCUT2D eigenvalue weighted by Gasteiger charge is -2.29. The van der Waals surface area contributed by atoms with Crippen molar-refractivity contribution in [2.24, 2.45) is 0 Å². The SMILES string of the molecule is CC1(C)c2ccccc2-c2ccc(N(c3ccc(-c4ccc(-c5ccc6c(-c7ccc(-c8ccc(N(c9ccc(-c%10ccccc%10)cc9)c9ccc%10c(c9)C(C)(C)c9ccccc9-%10)cc8-c8ccccc8)cc7)cccc6c5)cc4)cc3)c3ccc(-c4ccc(-c5ccc6ccccc6c5)cc4)c(-c4ccccc4)c3)cc21. The van der Waals surface area contributed by atoms with Crippen LogP contribution in [0.1, 0.15) is 49.9 Å². The second kappa shape index (κ2) is 27.6. The summed E-state index contributed by atoms with van der Waals surface area (Å²) in [7, 11) is 0. The van der Waals surface area contributed by atoms with Crippen LogP contribution < -0.4 is 9.80 Å². The summed E-state index contributed by atoms with van der Waals surface area (Å²) in [5, 5.41) is 4.92. The van der Waals surface area contributed by atoms with E-state index in [0.29, 0.717) is 0 Å². The summed E-state index contributed by atoms with van der Waals surface area (Å²) < 4.78 is 0. The van der Waals surface area contributed by atoms with E-state index in [2.05, 4.69) is 450 Å². The second-order valence-electron chi connectivity index (χ2n) is 31.2. The molecule has 2 aliphatic carbocycles. The zero-order chi connectivity index (χ0) is 75.0. The highest BCUT2D eigenvalue weighted by atomic mass is 15.1. The first-order valence-corrected chi connectivity index (χ1v) is 39.1. The molecular weight excluding hydrogens is 1350 g/mol. The molecule has 20 rings (SSSR count). The van der Waals surface area contributed by atoms with Gasteiger partial charge in [0.15, 0.2) is 0 Å². The van der Waals surface area contributed by atoms with Crippen molar-refractivity contribution in [3.63, 3.8) is 0 Å². The zero-order valence-corrected chi connectivity index (χ0v) is 63.2. The number of rotatable bonds is 15. The van der Waals surface area contributed by atoms with Crippen molar-refractivity contribution in [2.75, 3.05) is 9.80 Å². The van der Waals surface area contributed by atoms with Crippen molar-refractivity contribution < 1.29 is 0 Å². The maximum atomic E-state index is 2.45. The molecule has 2 aliphatic rings. The molecule has 18 aromatic rings. The van der Waals surface area contributed by atoms with Crippen LogP contribution >= 0.6 is 0 Å². The average molecular weight is 1430 g/mol. The standard InChI is InChI=1S/C110H80N2/c1-109(2)105-33-18-16-30-99(105)101-65-60-93(71-107(101)109)111(89-54-49-76(50-55-89)73-21-8-5-9-22-73)92-59-64-97(104(70-92)81-26-12-7-13-27-81)84-46-44-82(45-47-84)95-32-20-29-88-68-87(53-62-98(88)95)78-37-35-75(36-38-78)77-51-56-90(57-52-77)112(94-61-66-102-100-31-17-19-34-106(100)110(3,4)108(102)72-94)91-58-63-96(103(69-91)80-24-10-6-11-25-80)83-42-39-79(40-43-83)86-48-41-74-23-14-15-28-85(74)67-86/h5-72H,1-4H3. The average Bonchev–Trinajstić information content (AvgIpc) is 1.57. The molecule has 2 nitrogen and oxygen atoms in total. The predicted octanol–water partition coefficient (Wildman–Crippen LogP) is 30.5. The van der Waals surface area contributed by atoms with Gasteiger partial charge in [0.05, 0.1) is 0 Å². The highest BCUT2D eigenvalue weighted by Gasteiger charge is 2.38. The van der Waals surface area contributed by atoms with Gasteiger partial charge >= 0.3 is 0 Å². The topological polar surface area (TPSA) is 6.48 Å². The van der Waals surface area contributed by atoms with E-state index in [1.165, 1.54) is 150 Å². The Bertz CT molecular complexity index is 6610. The largest absolute Gasteiger partial charge is 0.310 e. The summed E-state index contributed by atoms with van der Waals surface area (Å²) in [6.45, 7) is 9.46. The number of hydrogen-bond donors (Lipinski definition) is 0. The molecule has 112 heavy (non-hydrogen) atoms. The minimum absolute atomic E-state index is 0.149. The molecule has 0 bridgehead atoms. The molecule has 0 atom stereocenters. The van der Waals surface area contributed by atoms with Crippen molar-refractivity contribution in [2.45, 2.75) is 38.5 Å². The van der Waals surface area contributed by atoms with Crippen LogP contribution in [0.25, 0.3) is 144 Å². The van der Waals surface area contributed by atoms with Gasteiger partial charge in [-0.2, -0.15) is 0 Å². The predicted molar refractivity (Wildman–Crippen MR) is 475 cm³/mol. The normalized spacial score (nSPS) is 12.8. The van der Waals surface area contributed by atoms with E-state index in [1.54, 1.807) is 0 Å². The van der Waals surface area contributed by atoms with Gasteiger partial charge in [0.25, 0.3) is 0 Å². The van der Waals surface area contributed by atoms with Crippen molar-refractivity contribution in [1.29, 1.82) is 0 Å². The number of benzene rings is 18.